The van der Waals surface area contributed by atoms with Gasteiger partial charge >= 0.3 is 11.9 Å². The Morgan fingerprint density at radius 3 is 1.64 bits per heavy atom. The summed E-state index contributed by atoms with van der Waals surface area (Å²) in [5.41, 5.74) is 1.43. The SMILES string of the molecule is COCC(COc1ccc(C(C)(C)c2ccc(OCC(CCl)OC(C)=O)c(Cl)c2)cc1Cl)OC(C)=O. The molecule has 0 saturated carbocycles. The van der Waals surface area contributed by atoms with Crippen molar-refractivity contribution in [3.05, 3.63) is 57.6 Å². The van der Waals surface area contributed by atoms with Gasteiger partial charge in [-0.05, 0) is 35.4 Å². The molecule has 2 atom stereocenters. The van der Waals surface area contributed by atoms with Crippen molar-refractivity contribution < 1.29 is 33.3 Å². The zero-order valence-corrected chi connectivity index (χ0v) is 23.2. The highest BCUT2D eigenvalue weighted by molar-refractivity contribution is 6.32. The first-order valence-electron chi connectivity index (χ1n) is 11.2. The number of hydrogen-bond donors (Lipinski definition) is 0. The molecule has 198 valence electrons. The molecule has 0 aliphatic heterocycles. The Hall–Kier alpha value is -2.19. The van der Waals surface area contributed by atoms with Gasteiger partial charge in [0.25, 0.3) is 0 Å². The molecule has 0 spiro atoms. The van der Waals surface area contributed by atoms with E-state index in [4.69, 9.17) is 58.5 Å². The molecule has 0 heterocycles. The third-order valence-electron chi connectivity index (χ3n) is 5.35. The lowest BCUT2D eigenvalue weighted by atomic mass is 9.78. The van der Waals surface area contributed by atoms with Crippen molar-refractivity contribution in [2.45, 2.75) is 45.3 Å². The normalized spacial score (nSPS) is 13.0. The van der Waals surface area contributed by atoms with Gasteiger partial charge in [-0.2, -0.15) is 0 Å². The number of alkyl halides is 1. The third-order valence-corrected chi connectivity index (χ3v) is 6.28. The lowest BCUT2D eigenvalue weighted by molar-refractivity contribution is -0.150. The van der Waals surface area contributed by atoms with Crippen LogP contribution in [0.2, 0.25) is 10.0 Å². The molecule has 0 saturated heterocycles. The highest BCUT2D eigenvalue weighted by Gasteiger charge is 2.26. The fraction of sp³-hybridized carbons (Fsp3) is 0.462. The van der Waals surface area contributed by atoms with Gasteiger partial charge in [0.15, 0.2) is 6.10 Å². The largest absolute Gasteiger partial charge is 0.488 e. The van der Waals surface area contributed by atoms with Gasteiger partial charge in [-0.25, -0.2) is 0 Å². The van der Waals surface area contributed by atoms with Crippen LogP contribution in [0.3, 0.4) is 0 Å². The Morgan fingerprint density at radius 1 is 0.806 bits per heavy atom. The maximum Gasteiger partial charge on any atom is 0.303 e. The van der Waals surface area contributed by atoms with Crippen LogP contribution >= 0.6 is 34.8 Å². The number of esters is 2. The van der Waals surface area contributed by atoms with Gasteiger partial charge in [-0.3, -0.25) is 9.59 Å². The molecule has 2 rings (SSSR count). The number of halogens is 3. The highest BCUT2D eigenvalue weighted by atomic mass is 35.5. The van der Waals surface area contributed by atoms with Gasteiger partial charge in [-0.1, -0.05) is 49.2 Å². The molecule has 10 heteroatoms. The first-order valence-corrected chi connectivity index (χ1v) is 12.5. The third kappa shape index (κ3) is 8.73. The van der Waals surface area contributed by atoms with E-state index in [1.165, 1.54) is 21.0 Å². The summed E-state index contributed by atoms with van der Waals surface area (Å²) in [4.78, 5) is 22.4. The van der Waals surface area contributed by atoms with E-state index in [1.54, 1.807) is 12.1 Å². The zero-order valence-electron chi connectivity index (χ0n) is 20.9. The molecule has 7 nitrogen and oxygen atoms in total. The molecular formula is C26H31Cl3O7. The first-order chi connectivity index (χ1) is 17.0. The number of ether oxygens (including phenoxy) is 5. The molecule has 0 fully saturated rings. The molecule has 36 heavy (non-hydrogen) atoms. The Bertz CT molecular complexity index is 1040. The second-order valence-corrected chi connectivity index (χ2v) is 9.73. The summed E-state index contributed by atoms with van der Waals surface area (Å²) in [5.74, 6) is 0.190. The van der Waals surface area contributed by atoms with Crippen molar-refractivity contribution in [3.63, 3.8) is 0 Å². The van der Waals surface area contributed by atoms with Crippen molar-refractivity contribution in [1.29, 1.82) is 0 Å². The fourth-order valence-electron chi connectivity index (χ4n) is 3.43. The molecule has 2 unspecified atom stereocenters. The lowest BCUT2D eigenvalue weighted by Crippen LogP contribution is -2.28. The molecule has 0 N–H and O–H groups in total. The van der Waals surface area contributed by atoms with Crippen molar-refractivity contribution in [1.82, 2.24) is 0 Å². The standard InChI is InChI=1S/C26H31Cl3O7/c1-16(30)35-20(12-27)14-33-24-8-6-18(10-22(24)28)26(3,4)19-7-9-25(23(29)11-19)34-15-21(13-32-5)36-17(2)31/h6-11,20-21H,12-15H2,1-5H3. The molecule has 2 aromatic carbocycles. The quantitative estimate of drug-likeness (QED) is 0.225. The fourth-order valence-corrected chi connectivity index (χ4v) is 4.05. The highest BCUT2D eigenvalue weighted by Crippen LogP contribution is 2.38. The second kappa shape index (κ2) is 13.9. The predicted molar refractivity (Wildman–Crippen MR) is 140 cm³/mol. The summed E-state index contributed by atoms with van der Waals surface area (Å²) >= 11 is 18.8. The Morgan fingerprint density at radius 2 is 1.25 bits per heavy atom. The molecule has 0 aliphatic rings. The summed E-state index contributed by atoms with van der Waals surface area (Å²) in [6.07, 6.45) is -1.12. The van der Waals surface area contributed by atoms with Crippen molar-refractivity contribution in [3.8, 4) is 11.5 Å². The van der Waals surface area contributed by atoms with Crippen LogP contribution in [0.4, 0.5) is 0 Å². The van der Waals surface area contributed by atoms with E-state index in [9.17, 15) is 9.59 Å². The molecule has 0 aromatic heterocycles. The van der Waals surface area contributed by atoms with Gasteiger partial charge in [0.2, 0.25) is 0 Å². The predicted octanol–water partition coefficient (Wildman–Crippen LogP) is 5.83. The van der Waals surface area contributed by atoms with Crippen LogP contribution in [-0.2, 0) is 29.2 Å². The molecule has 0 aliphatic carbocycles. The van der Waals surface area contributed by atoms with E-state index < -0.39 is 29.6 Å². The summed E-state index contributed by atoms with van der Waals surface area (Å²) in [5, 5.41) is 0.834. The van der Waals surface area contributed by atoms with E-state index in [-0.39, 0.29) is 25.7 Å². The molecule has 0 radical (unpaired) electrons. The number of rotatable bonds is 13. The van der Waals surface area contributed by atoms with E-state index in [2.05, 4.69) is 0 Å². The summed E-state index contributed by atoms with van der Waals surface area (Å²) in [6.45, 7) is 7.14. The minimum Gasteiger partial charge on any atom is -0.488 e. The van der Waals surface area contributed by atoms with Gasteiger partial charge in [0.1, 0.15) is 30.8 Å². The van der Waals surface area contributed by atoms with Crippen LogP contribution in [0.5, 0.6) is 11.5 Å². The van der Waals surface area contributed by atoms with E-state index in [1.807, 2.05) is 38.1 Å². The van der Waals surface area contributed by atoms with Crippen molar-refractivity contribution in [2.24, 2.45) is 0 Å². The molecule has 0 bridgehead atoms. The second-order valence-electron chi connectivity index (χ2n) is 8.61. The summed E-state index contributed by atoms with van der Waals surface area (Å²) in [6, 6.07) is 11.0. The van der Waals surface area contributed by atoms with Gasteiger partial charge in [0, 0.05) is 26.4 Å². The van der Waals surface area contributed by atoms with Gasteiger partial charge < -0.3 is 23.7 Å². The van der Waals surface area contributed by atoms with E-state index in [0.29, 0.717) is 21.5 Å². The average Bonchev–Trinajstić information content (AvgIpc) is 2.80. The topological polar surface area (TPSA) is 80.3 Å². The molecular weight excluding hydrogens is 531 g/mol. The number of benzene rings is 2. The van der Waals surface area contributed by atoms with E-state index >= 15 is 0 Å². The van der Waals surface area contributed by atoms with Gasteiger partial charge in [0.05, 0.1) is 22.5 Å². The van der Waals surface area contributed by atoms with Crippen LogP contribution < -0.4 is 9.47 Å². The summed E-state index contributed by atoms with van der Waals surface area (Å²) < 4.78 is 26.8. The molecule has 2 aromatic rings. The summed E-state index contributed by atoms with van der Waals surface area (Å²) in [7, 11) is 1.52. The van der Waals surface area contributed by atoms with Crippen LogP contribution in [0.25, 0.3) is 0 Å². The van der Waals surface area contributed by atoms with Crippen LogP contribution in [0, 0.1) is 0 Å². The number of hydrogen-bond acceptors (Lipinski definition) is 7. The first kappa shape index (κ1) is 30.0. The monoisotopic (exact) mass is 560 g/mol. The number of carbonyl (C=O) groups excluding carboxylic acids is 2. The van der Waals surface area contributed by atoms with Gasteiger partial charge in [-0.15, -0.1) is 11.6 Å². The molecule has 0 amide bonds. The lowest BCUT2D eigenvalue weighted by Gasteiger charge is -2.27. The minimum atomic E-state index is -0.571. The van der Waals surface area contributed by atoms with E-state index in [0.717, 1.165) is 11.1 Å². The van der Waals surface area contributed by atoms with Crippen LogP contribution in [0.1, 0.15) is 38.8 Å². The number of carbonyl (C=O) groups is 2. The number of methoxy groups -OCH3 is 1. The zero-order chi connectivity index (χ0) is 26.9. The average molecular weight is 562 g/mol. The minimum absolute atomic E-state index is 0.0886. The van der Waals surface area contributed by atoms with Crippen molar-refractivity contribution in [2.75, 3.05) is 32.8 Å². The Labute approximate surface area is 226 Å². The van der Waals surface area contributed by atoms with Crippen molar-refractivity contribution >= 4 is 46.7 Å². The van der Waals surface area contributed by atoms with Crippen LogP contribution in [0.15, 0.2) is 36.4 Å². The maximum absolute atomic E-state index is 11.3. The van der Waals surface area contributed by atoms with Crippen LogP contribution in [-0.4, -0.2) is 57.0 Å². The smallest absolute Gasteiger partial charge is 0.303 e. The Kier molecular flexibility index (Phi) is 11.6. The maximum atomic E-state index is 11.3. The Balaban J connectivity index is 2.13.